The van der Waals surface area contributed by atoms with E-state index in [4.69, 9.17) is 14.9 Å². The summed E-state index contributed by atoms with van der Waals surface area (Å²) < 4.78 is 11.0. The number of aliphatic imine (C=N–C) groups is 1. The number of nitrogens with zero attached hydrogens (tertiary/aromatic N) is 4. The van der Waals surface area contributed by atoms with Gasteiger partial charge in [0.05, 0.1) is 18.2 Å². The number of methoxy groups -OCH3 is 1. The van der Waals surface area contributed by atoms with Crippen LogP contribution in [0.3, 0.4) is 0 Å². The molecule has 0 unspecified atom stereocenters. The Morgan fingerprint density at radius 2 is 1.89 bits per heavy atom. The van der Waals surface area contributed by atoms with Gasteiger partial charge in [-0.3, -0.25) is 15.2 Å². The van der Waals surface area contributed by atoms with Crippen molar-refractivity contribution in [2.45, 2.75) is 19.8 Å². The van der Waals surface area contributed by atoms with E-state index in [2.05, 4.69) is 28.9 Å². The number of carbonyl (C=O) groups excluding carboxylic acids is 2. The summed E-state index contributed by atoms with van der Waals surface area (Å²) in [6, 6.07) is 15.8. The number of carbonyl (C=O) groups is 2. The highest BCUT2D eigenvalue weighted by molar-refractivity contribution is 8.27. The smallest absolute Gasteiger partial charge is 0.343 e. The zero-order valence-corrected chi connectivity index (χ0v) is 21.7. The first-order valence-electron chi connectivity index (χ1n) is 11.7. The first-order valence-corrected chi connectivity index (χ1v) is 12.6. The van der Waals surface area contributed by atoms with E-state index in [1.54, 1.807) is 48.8 Å². The molecule has 1 N–H and O–H groups in total. The van der Waals surface area contributed by atoms with E-state index in [-0.39, 0.29) is 17.2 Å². The van der Waals surface area contributed by atoms with E-state index in [9.17, 15) is 9.59 Å². The van der Waals surface area contributed by atoms with Crippen molar-refractivity contribution in [2.75, 3.05) is 7.11 Å². The lowest BCUT2D eigenvalue weighted by molar-refractivity contribution is -0.114. The predicted molar refractivity (Wildman–Crippen MR) is 147 cm³/mol. The number of fused-ring (bicyclic) bond motifs is 1. The molecule has 3 heterocycles. The van der Waals surface area contributed by atoms with Gasteiger partial charge in [-0.1, -0.05) is 32.0 Å². The van der Waals surface area contributed by atoms with Crippen LogP contribution in [0.4, 0.5) is 0 Å². The van der Waals surface area contributed by atoms with Crippen LogP contribution in [-0.4, -0.2) is 45.0 Å². The third-order valence-corrected chi connectivity index (χ3v) is 6.83. The third kappa shape index (κ3) is 4.98. The highest BCUT2D eigenvalue weighted by Crippen LogP contribution is 2.33. The van der Waals surface area contributed by atoms with Crippen molar-refractivity contribution in [1.29, 1.82) is 5.41 Å². The van der Waals surface area contributed by atoms with Gasteiger partial charge < -0.3 is 9.47 Å². The molecule has 2 aliphatic heterocycles. The van der Waals surface area contributed by atoms with Crippen molar-refractivity contribution in [3.05, 3.63) is 94.8 Å². The van der Waals surface area contributed by atoms with E-state index in [0.29, 0.717) is 33.0 Å². The first-order chi connectivity index (χ1) is 18.3. The molecule has 2 aliphatic rings. The minimum absolute atomic E-state index is 0.0718. The lowest BCUT2D eigenvalue weighted by Crippen LogP contribution is -2.35. The van der Waals surface area contributed by atoms with Crippen LogP contribution in [0.15, 0.2) is 82.7 Å². The number of hydrogen-bond acceptors (Lipinski definition) is 8. The average molecular weight is 526 g/mol. The van der Waals surface area contributed by atoms with Crippen molar-refractivity contribution >= 4 is 45.8 Å². The van der Waals surface area contributed by atoms with Crippen LogP contribution in [-0.2, 0) is 4.79 Å². The lowest BCUT2D eigenvalue weighted by atomic mass is 10.0. The highest BCUT2D eigenvalue weighted by Gasteiger charge is 2.36. The molecule has 0 fully saturated rings. The Morgan fingerprint density at radius 3 is 2.58 bits per heavy atom. The van der Waals surface area contributed by atoms with E-state index in [1.165, 1.54) is 30.0 Å². The number of hydrazone groups is 1. The second kappa shape index (κ2) is 10.4. The molecule has 3 aromatic rings. The summed E-state index contributed by atoms with van der Waals surface area (Å²) in [5.41, 5.74) is 2.96. The summed E-state index contributed by atoms with van der Waals surface area (Å²) >= 11 is 1.21. The fourth-order valence-electron chi connectivity index (χ4n) is 3.79. The van der Waals surface area contributed by atoms with Crippen LogP contribution < -0.4 is 9.47 Å². The molecule has 5 rings (SSSR count). The number of nitrogens with one attached hydrogen (secondary N) is 1. The number of ether oxygens (including phenoxy) is 2. The van der Waals surface area contributed by atoms with E-state index in [1.807, 2.05) is 18.2 Å². The van der Waals surface area contributed by atoms with Gasteiger partial charge >= 0.3 is 5.97 Å². The molecule has 0 radical (unpaired) electrons. The maximum absolute atomic E-state index is 12.8. The van der Waals surface area contributed by atoms with Gasteiger partial charge in [0.25, 0.3) is 5.91 Å². The monoisotopic (exact) mass is 525 g/mol. The number of thioether (sulfide) groups is 1. The molecule has 0 aliphatic carbocycles. The summed E-state index contributed by atoms with van der Waals surface area (Å²) in [5.74, 6) is -0.249. The normalized spacial score (nSPS) is 15.9. The molecule has 9 nitrogen and oxygen atoms in total. The lowest BCUT2D eigenvalue weighted by Gasteiger charge is -2.20. The molecule has 0 atom stereocenters. The average Bonchev–Trinajstić information content (AvgIpc) is 3.36. The van der Waals surface area contributed by atoms with Gasteiger partial charge in [-0.15, -0.1) is 0 Å². The van der Waals surface area contributed by atoms with Crippen molar-refractivity contribution in [2.24, 2.45) is 10.1 Å². The zero-order valence-electron chi connectivity index (χ0n) is 20.8. The maximum atomic E-state index is 12.8. The van der Waals surface area contributed by atoms with E-state index in [0.717, 1.165) is 11.1 Å². The Bertz CT molecular complexity index is 1530. The molecule has 38 heavy (non-hydrogen) atoms. The number of amidine groups is 2. The van der Waals surface area contributed by atoms with Crippen molar-refractivity contribution < 1.29 is 19.1 Å². The van der Waals surface area contributed by atoms with Crippen LogP contribution in [0, 0.1) is 5.41 Å². The summed E-state index contributed by atoms with van der Waals surface area (Å²) in [6.45, 7) is 4.17. The fourth-order valence-corrected chi connectivity index (χ4v) is 4.67. The van der Waals surface area contributed by atoms with Crippen molar-refractivity contribution in [1.82, 2.24) is 9.99 Å². The molecular weight excluding hydrogens is 502 g/mol. The Labute approximate surface area is 223 Å². The van der Waals surface area contributed by atoms with Gasteiger partial charge in [-0.2, -0.15) is 15.1 Å². The second-order valence-electron chi connectivity index (χ2n) is 8.74. The number of rotatable bonds is 6. The standard InChI is InChI=1S/C28H23N5O4S/c1-16(2)18-7-9-19(10-8-18)27(35)37-22-11-6-17(14-23(22)36-3)13-21-24(29)33-28(31-25(21)34)38-26(32-33)20-5-4-12-30-15-20/h4-16,29H,1-3H3/b21-13-,29-24?. The molecule has 0 saturated heterocycles. The summed E-state index contributed by atoms with van der Waals surface area (Å²) in [6.07, 6.45) is 4.85. The molecule has 2 aromatic carbocycles. The van der Waals surface area contributed by atoms with Crippen LogP contribution in [0.5, 0.6) is 11.5 Å². The summed E-state index contributed by atoms with van der Waals surface area (Å²) in [4.78, 5) is 33.7. The molecule has 0 bridgehead atoms. The molecule has 1 amide bonds. The topological polar surface area (TPSA) is 117 Å². The summed E-state index contributed by atoms with van der Waals surface area (Å²) in [5, 5.41) is 15.3. The number of esters is 1. The zero-order chi connectivity index (χ0) is 26.8. The van der Waals surface area contributed by atoms with Gasteiger partial charge in [0.2, 0.25) is 5.17 Å². The van der Waals surface area contributed by atoms with Crippen molar-refractivity contribution in [3.8, 4) is 11.5 Å². The molecule has 0 saturated carbocycles. The largest absolute Gasteiger partial charge is 0.493 e. The SMILES string of the molecule is COc1cc(/C=C2/C(=N)N3N=C(c4cccnc4)SC3=NC2=O)ccc1OC(=O)c1ccc(C(C)C)cc1. The first kappa shape index (κ1) is 25.1. The number of benzene rings is 2. The van der Waals surface area contributed by atoms with Gasteiger partial charge in [-0.25, -0.2) is 4.79 Å². The number of amides is 1. The fraction of sp³-hybridized carbons (Fsp3) is 0.143. The molecule has 190 valence electrons. The Kier molecular flexibility index (Phi) is 6.89. The second-order valence-corrected chi connectivity index (χ2v) is 9.70. The Morgan fingerprint density at radius 1 is 1.11 bits per heavy atom. The summed E-state index contributed by atoms with van der Waals surface area (Å²) in [7, 11) is 1.46. The van der Waals surface area contributed by atoms with Crippen LogP contribution in [0.2, 0.25) is 0 Å². The van der Waals surface area contributed by atoms with Gasteiger partial charge in [-0.05, 0) is 71.3 Å². The molecule has 1 aromatic heterocycles. The quantitative estimate of drug-likeness (QED) is 0.270. The highest BCUT2D eigenvalue weighted by atomic mass is 32.2. The predicted octanol–water partition coefficient (Wildman–Crippen LogP) is 5.10. The minimum Gasteiger partial charge on any atom is -0.493 e. The Balaban J connectivity index is 1.37. The van der Waals surface area contributed by atoms with E-state index >= 15 is 0 Å². The van der Waals surface area contributed by atoms with E-state index < -0.39 is 11.9 Å². The van der Waals surface area contributed by atoms with Gasteiger partial charge in [0.1, 0.15) is 5.04 Å². The van der Waals surface area contributed by atoms with Crippen LogP contribution in [0.1, 0.15) is 46.8 Å². The van der Waals surface area contributed by atoms with Crippen LogP contribution in [0.25, 0.3) is 6.08 Å². The van der Waals surface area contributed by atoms with Gasteiger partial charge in [0, 0.05) is 18.0 Å². The van der Waals surface area contributed by atoms with Crippen LogP contribution >= 0.6 is 11.8 Å². The van der Waals surface area contributed by atoms with Gasteiger partial charge in [0.15, 0.2) is 17.3 Å². The molecule has 0 spiro atoms. The molecular formula is C28H23N5O4S. The Hall–Kier alpha value is -4.57. The minimum atomic E-state index is -0.546. The van der Waals surface area contributed by atoms with Crippen molar-refractivity contribution in [3.63, 3.8) is 0 Å². The number of hydrogen-bond donors (Lipinski definition) is 1. The third-order valence-electron chi connectivity index (χ3n) is 5.88. The maximum Gasteiger partial charge on any atom is 0.343 e. The number of aromatic nitrogens is 1. The molecule has 10 heteroatoms. The number of pyridine rings is 1.